The van der Waals surface area contributed by atoms with E-state index in [1.54, 1.807) is 11.3 Å². The van der Waals surface area contributed by atoms with Crippen LogP contribution in [0.2, 0.25) is 0 Å². The van der Waals surface area contributed by atoms with Gasteiger partial charge in [0.25, 0.3) is 5.89 Å². The SMILES string of the molecule is CCOC(c1noc(-c2csc(CCN)n2)n1)C(C)(C)C. The molecular formula is C14H22N4O2S. The second-order valence-electron chi connectivity index (χ2n) is 5.82. The maximum atomic E-state index is 5.77. The Bertz CT molecular complexity index is 574. The highest BCUT2D eigenvalue weighted by Crippen LogP contribution is 2.35. The number of thiazole rings is 1. The van der Waals surface area contributed by atoms with Crippen LogP contribution in [0.5, 0.6) is 0 Å². The van der Waals surface area contributed by atoms with Crippen molar-refractivity contribution in [1.29, 1.82) is 0 Å². The van der Waals surface area contributed by atoms with E-state index in [1.807, 2.05) is 12.3 Å². The standard InChI is InChI=1S/C14H22N4O2S/c1-5-19-11(14(2,3)4)12-17-13(20-18-12)9-8-21-10(16-9)6-7-15/h8,11H,5-7,15H2,1-4H3. The molecular weight excluding hydrogens is 288 g/mol. The first-order chi connectivity index (χ1) is 9.95. The molecule has 7 heteroatoms. The van der Waals surface area contributed by atoms with Gasteiger partial charge in [0.1, 0.15) is 11.8 Å². The van der Waals surface area contributed by atoms with Crippen molar-refractivity contribution < 1.29 is 9.26 Å². The van der Waals surface area contributed by atoms with Gasteiger partial charge >= 0.3 is 0 Å². The number of nitrogens with two attached hydrogens (primary N) is 1. The minimum absolute atomic E-state index is 0.107. The van der Waals surface area contributed by atoms with E-state index < -0.39 is 0 Å². The lowest BCUT2D eigenvalue weighted by atomic mass is 9.88. The van der Waals surface area contributed by atoms with E-state index in [0.29, 0.717) is 30.6 Å². The summed E-state index contributed by atoms with van der Waals surface area (Å²) in [7, 11) is 0. The number of aromatic nitrogens is 3. The molecule has 0 spiro atoms. The van der Waals surface area contributed by atoms with Crippen LogP contribution in [0.3, 0.4) is 0 Å². The van der Waals surface area contributed by atoms with Gasteiger partial charge in [0, 0.05) is 18.4 Å². The van der Waals surface area contributed by atoms with Crippen molar-refractivity contribution in [2.45, 2.75) is 40.2 Å². The van der Waals surface area contributed by atoms with Gasteiger partial charge in [-0.3, -0.25) is 0 Å². The third kappa shape index (κ3) is 3.87. The molecule has 1 atom stereocenters. The third-order valence-electron chi connectivity index (χ3n) is 2.93. The van der Waals surface area contributed by atoms with E-state index in [0.717, 1.165) is 11.4 Å². The average molecular weight is 310 g/mol. The van der Waals surface area contributed by atoms with Crippen molar-refractivity contribution >= 4 is 11.3 Å². The lowest BCUT2D eigenvalue weighted by Gasteiger charge is -2.27. The zero-order valence-electron chi connectivity index (χ0n) is 12.9. The van der Waals surface area contributed by atoms with Crippen LogP contribution in [-0.2, 0) is 11.2 Å². The largest absolute Gasteiger partial charge is 0.370 e. The number of ether oxygens (including phenoxy) is 1. The van der Waals surface area contributed by atoms with Gasteiger partial charge in [0.15, 0.2) is 0 Å². The summed E-state index contributed by atoms with van der Waals surface area (Å²) < 4.78 is 11.1. The summed E-state index contributed by atoms with van der Waals surface area (Å²) in [6.07, 6.45) is 0.553. The van der Waals surface area contributed by atoms with Crippen molar-refractivity contribution in [3.8, 4) is 11.6 Å². The first-order valence-corrected chi connectivity index (χ1v) is 7.93. The molecule has 6 nitrogen and oxygen atoms in total. The highest BCUT2D eigenvalue weighted by molar-refractivity contribution is 7.09. The Morgan fingerprint density at radius 2 is 2.14 bits per heavy atom. The lowest BCUT2D eigenvalue weighted by Crippen LogP contribution is -2.22. The van der Waals surface area contributed by atoms with Gasteiger partial charge in [-0.2, -0.15) is 4.98 Å². The molecule has 0 amide bonds. The molecule has 0 aliphatic heterocycles. The highest BCUT2D eigenvalue weighted by Gasteiger charge is 2.31. The predicted molar refractivity (Wildman–Crippen MR) is 82.0 cm³/mol. The van der Waals surface area contributed by atoms with Crippen LogP contribution in [0, 0.1) is 5.41 Å². The second-order valence-corrected chi connectivity index (χ2v) is 6.77. The Kier molecular flexibility index (Phi) is 5.08. The van der Waals surface area contributed by atoms with Crippen LogP contribution in [0.15, 0.2) is 9.90 Å². The first kappa shape index (κ1) is 16.1. The Morgan fingerprint density at radius 1 is 1.38 bits per heavy atom. The molecule has 0 saturated heterocycles. The predicted octanol–water partition coefficient (Wildman–Crippen LogP) is 2.82. The summed E-state index contributed by atoms with van der Waals surface area (Å²) in [5, 5.41) is 6.95. The van der Waals surface area contributed by atoms with Crippen LogP contribution in [-0.4, -0.2) is 28.3 Å². The Morgan fingerprint density at radius 3 is 2.76 bits per heavy atom. The third-order valence-corrected chi connectivity index (χ3v) is 3.83. The highest BCUT2D eigenvalue weighted by atomic mass is 32.1. The Hall–Kier alpha value is -1.31. The summed E-state index contributed by atoms with van der Waals surface area (Å²) in [6.45, 7) is 9.41. The number of rotatable bonds is 6. The van der Waals surface area contributed by atoms with Gasteiger partial charge in [-0.1, -0.05) is 25.9 Å². The molecule has 0 aliphatic carbocycles. The minimum atomic E-state index is -0.206. The summed E-state index contributed by atoms with van der Waals surface area (Å²) in [5.41, 5.74) is 6.13. The van der Waals surface area contributed by atoms with E-state index in [2.05, 4.69) is 35.9 Å². The zero-order valence-corrected chi connectivity index (χ0v) is 13.7. The molecule has 0 bridgehead atoms. The molecule has 0 fully saturated rings. The van der Waals surface area contributed by atoms with Gasteiger partial charge in [0.05, 0.1) is 5.01 Å². The molecule has 116 valence electrons. The maximum Gasteiger partial charge on any atom is 0.277 e. The fourth-order valence-corrected chi connectivity index (χ4v) is 2.76. The fraction of sp³-hybridized carbons (Fsp3) is 0.643. The Labute approximate surface area is 128 Å². The summed E-state index contributed by atoms with van der Waals surface area (Å²) >= 11 is 1.55. The van der Waals surface area contributed by atoms with Gasteiger partial charge in [0.2, 0.25) is 5.82 Å². The smallest absolute Gasteiger partial charge is 0.277 e. The normalized spacial score (nSPS) is 13.6. The Balaban J connectivity index is 2.23. The molecule has 2 N–H and O–H groups in total. The van der Waals surface area contributed by atoms with Crippen molar-refractivity contribution in [2.24, 2.45) is 11.1 Å². The summed E-state index contributed by atoms with van der Waals surface area (Å²) in [5.74, 6) is 0.992. The molecule has 0 aromatic carbocycles. The van der Waals surface area contributed by atoms with Crippen LogP contribution in [0.25, 0.3) is 11.6 Å². The van der Waals surface area contributed by atoms with Gasteiger partial charge in [-0.05, 0) is 18.9 Å². The molecule has 21 heavy (non-hydrogen) atoms. The van der Waals surface area contributed by atoms with E-state index in [4.69, 9.17) is 15.0 Å². The van der Waals surface area contributed by atoms with Gasteiger partial charge in [-0.25, -0.2) is 4.98 Å². The van der Waals surface area contributed by atoms with Gasteiger partial charge < -0.3 is 15.0 Å². The molecule has 2 aromatic heterocycles. The minimum Gasteiger partial charge on any atom is -0.370 e. The van der Waals surface area contributed by atoms with Crippen LogP contribution in [0.4, 0.5) is 0 Å². The van der Waals surface area contributed by atoms with Crippen LogP contribution < -0.4 is 5.73 Å². The second kappa shape index (κ2) is 6.64. The van der Waals surface area contributed by atoms with Crippen molar-refractivity contribution in [3.63, 3.8) is 0 Å². The van der Waals surface area contributed by atoms with Gasteiger partial charge in [-0.15, -0.1) is 11.3 Å². The number of hydrogen-bond acceptors (Lipinski definition) is 7. The molecule has 0 radical (unpaired) electrons. The number of hydrogen-bond donors (Lipinski definition) is 1. The summed E-state index contributed by atoms with van der Waals surface area (Å²) in [6, 6.07) is 0. The lowest BCUT2D eigenvalue weighted by molar-refractivity contribution is -0.0203. The van der Waals surface area contributed by atoms with Crippen LogP contribution in [0.1, 0.15) is 44.6 Å². The molecule has 1 unspecified atom stereocenters. The molecule has 0 saturated carbocycles. The fourth-order valence-electron chi connectivity index (χ4n) is 1.97. The first-order valence-electron chi connectivity index (χ1n) is 7.05. The average Bonchev–Trinajstić information content (AvgIpc) is 3.03. The van der Waals surface area contributed by atoms with E-state index in [9.17, 15) is 0 Å². The zero-order chi connectivity index (χ0) is 15.5. The van der Waals surface area contributed by atoms with Crippen molar-refractivity contribution in [2.75, 3.05) is 13.2 Å². The van der Waals surface area contributed by atoms with Crippen molar-refractivity contribution in [3.05, 3.63) is 16.2 Å². The molecule has 0 aliphatic rings. The maximum absolute atomic E-state index is 5.77. The molecule has 2 aromatic rings. The topological polar surface area (TPSA) is 87.1 Å². The van der Waals surface area contributed by atoms with Crippen molar-refractivity contribution in [1.82, 2.24) is 15.1 Å². The monoisotopic (exact) mass is 310 g/mol. The quantitative estimate of drug-likeness (QED) is 0.882. The molecule has 2 heterocycles. The van der Waals surface area contributed by atoms with E-state index in [-0.39, 0.29) is 11.5 Å². The van der Waals surface area contributed by atoms with Crippen LogP contribution >= 0.6 is 11.3 Å². The van der Waals surface area contributed by atoms with E-state index >= 15 is 0 Å². The molecule has 2 rings (SSSR count). The summed E-state index contributed by atoms with van der Waals surface area (Å²) in [4.78, 5) is 8.90. The van der Waals surface area contributed by atoms with E-state index in [1.165, 1.54) is 0 Å². The number of nitrogens with zero attached hydrogens (tertiary/aromatic N) is 3.